The Balaban J connectivity index is 1.79. The van der Waals surface area contributed by atoms with Crippen LogP contribution < -0.4 is 9.82 Å². The van der Waals surface area contributed by atoms with Crippen LogP contribution in [0.5, 0.6) is 5.75 Å². The van der Waals surface area contributed by atoms with Crippen molar-refractivity contribution in [3.63, 3.8) is 0 Å². The third-order valence-electron chi connectivity index (χ3n) is 3.10. The first-order chi connectivity index (χ1) is 11.5. The van der Waals surface area contributed by atoms with Crippen molar-refractivity contribution in [3.05, 3.63) is 66.2 Å². The third kappa shape index (κ3) is 6.63. The number of para-hydroxylation sites is 1. The topological polar surface area (TPSA) is 64.6 Å². The Bertz CT molecular complexity index is 696. The smallest absolute Gasteiger partial charge is 0.323 e. The zero-order chi connectivity index (χ0) is 17.4. The largest absolute Gasteiger partial charge is 0.484 e. The van der Waals surface area contributed by atoms with Gasteiger partial charge < -0.3 is 9.47 Å². The van der Waals surface area contributed by atoms with Crippen molar-refractivity contribution >= 4 is 32.9 Å². The van der Waals surface area contributed by atoms with Crippen molar-refractivity contribution in [1.82, 2.24) is 5.09 Å². The Morgan fingerprint density at radius 1 is 1.12 bits per heavy atom. The molecule has 0 saturated carbocycles. The minimum Gasteiger partial charge on any atom is -0.484 e. The maximum absolute atomic E-state index is 12.5. The van der Waals surface area contributed by atoms with Gasteiger partial charge in [-0.25, -0.2) is 5.09 Å². The van der Waals surface area contributed by atoms with Crippen molar-refractivity contribution in [2.45, 2.75) is 19.6 Å². The highest BCUT2D eigenvalue weighted by Crippen LogP contribution is 2.50. The van der Waals surface area contributed by atoms with Gasteiger partial charge in [-0.3, -0.25) is 9.36 Å². The Kier molecular flexibility index (Phi) is 7.27. The Hall–Kier alpha value is -1.37. The first kappa shape index (κ1) is 19.0. The molecule has 0 aromatic heterocycles. The molecule has 2 aromatic carbocycles. The van der Waals surface area contributed by atoms with E-state index < -0.39 is 16.9 Å². The molecule has 2 atom stereocenters. The summed E-state index contributed by atoms with van der Waals surface area (Å²) in [5.41, 5.74) is 0.906. The molecule has 0 amide bonds. The number of halogens is 1. The highest BCUT2D eigenvalue weighted by atomic mass is 127. The molecular weight excluding hydrogens is 440 g/mol. The van der Waals surface area contributed by atoms with Crippen LogP contribution in [0.15, 0.2) is 60.7 Å². The van der Waals surface area contributed by atoms with Crippen LogP contribution in [-0.2, 0) is 20.7 Å². The van der Waals surface area contributed by atoms with Gasteiger partial charge in [0.1, 0.15) is 18.4 Å². The summed E-state index contributed by atoms with van der Waals surface area (Å²) < 4.78 is 23.2. The second-order valence-electron chi connectivity index (χ2n) is 5.18. The van der Waals surface area contributed by atoms with Crippen LogP contribution in [-0.4, -0.2) is 18.4 Å². The van der Waals surface area contributed by atoms with Gasteiger partial charge in [-0.15, -0.1) is 0 Å². The molecule has 2 aromatic rings. The van der Waals surface area contributed by atoms with Gasteiger partial charge in [-0.05, 0) is 24.6 Å². The molecule has 5 nitrogen and oxygen atoms in total. The summed E-state index contributed by atoms with van der Waals surface area (Å²) in [7, 11) is 0. The summed E-state index contributed by atoms with van der Waals surface area (Å²) in [6, 6.07) is 17.8. The molecule has 0 heterocycles. The van der Waals surface area contributed by atoms with Crippen LogP contribution in [0, 0.1) is 0 Å². The lowest BCUT2D eigenvalue weighted by Gasteiger charge is -2.18. The highest BCUT2D eigenvalue weighted by Gasteiger charge is 2.26. The van der Waals surface area contributed by atoms with E-state index in [2.05, 4.69) is 5.09 Å². The monoisotopic (exact) mass is 459 g/mol. The number of benzene rings is 2. The molecule has 0 fully saturated rings. The molecule has 0 radical (unpaired) electrons. The molecule has 2 rings (SSSR count). The van der Waals surface area contributed by atoms with E-state index in [1.165, 1.54) is 0 Å². The summed E-state index contributed by atoms with van der Waals surface area (Å²) in [6.07, 6.45) is -0.00607. The standard InChI is InChI=1S/C17H19INO4P/c1-14(17(20)22-12-15-8-4-2-5-9-15)19-24(18,21)13-23-16-10-6-3-7-11-16/h2-11,14H,12-13H2,1H3,(H,19,21). The number of carbonyl (C=O) groups is 1. The number of hydrogen-bond acceptors (Lipinski definition) is 4. The number of ether oxygens (including phenoxy) is 2. The van der Waals surface area contributed by atoms with Gasteiger partial charge in [0.05, 0.1) is 0 Å². The summed E-state index contributed by atoms with van der Waals surface area (Å²) in [4.78, 5) is 9.15. The molecule has 0 bridgehead atoms. The van der Waals surface area contributed by atoms with Crippen LogP contribution in [0.2, 0.25) is 0 Å². The van der Waals surface area contributed by atoms with E-state index in [1.54, 1.807) is 41.1 Å². The molecule has 2 unspecified atom stereocenters. The van der Waals surface area contributed by atoms with Crippen molar-refractivity contribution in [3.8, 4) is 5.75 Å². The van der Waals surface area contributed by atoms with E-state index in [0.29, 0.717) is 5.75 Å². The normalized spacial score (nSPS) is 14.4. The first-order valence-corrected chi connectivity index (χ1v) is 12.1. The lowest BCUT2D eigenvalue weighted by atomic mass is 10.2. The van der Waals surface area contributed by atoms with Gasteiger partial charge >= 0.3 is 5.97 Å². The average Bonchev–Trinajstić information content (AvgIpc) is 2.59. The molecule has 0 aliphatic carbocycles. The van der Waals surface area contributed by atoms with Crippen LogP contribution in [0.3, 0.4) is 0 Å². The van der Waals surface area contributed by atoms with Gasteiger partial charge in [0.2, 0.25) is 4.94 Å². The summed E-state index contributed by atoms with van der Waals surface area (Å²) >= 11 is 1.80. The fourth-order valence-electron chi connectivity index (χ4n) is 1.91. The number of hydrogen-bond donors (Lipinski definition) is 1. The Labute approximate surface area is 154 Å². The second-order valence-corrected chi connectivity index (χ2v) is 11.7. The van der Waals surface area contributed by atoms with Crippen molar-refractivity contribution in [1.29, 1.82) is 0 Å². The summed E-state index contributed by atoms with van der Waals surface area (Å²) in [5.74, 6) is 0.186. The van der Waals surface area contributed by atoms with Gasteiger partial charge in [0.15, 0.2) is 6.35 Å². The zero-order valence-corrected chi connectivity index (χ0v) is 16.3. The number of esters is 1. The van der Waals surface area contributed by atoms with Crippen molar-refractivity contribution in [2.75, 3.05) is 6.35 Å². The lowest BCUT2D eigenvalue weighted by Crippen LogP contribution is -2.33. The number of nitrogens with one attached hydrogen (secondary N) is 1. The molecule has 0 saturated heterocycles. The maximum atomic E-state index is 12.5. The molecule has 24 heavy (non-hydrogen) atoms. The first-order valence-electron chi connectivity index (χ1n) is 7.41. The van der Waals surface area contributed by atoms with Gasteiger partial charge in [0, 0.05) is 22.0 Å². The van der Waals surface area contributed by atoms with E-state index in [9.17, 15) is 9.36 Å². The van der Waals surface area contributed by atoms with Crippen LogP contribution >= 0.6 is 27.0 Å². The van der Waals surface area contributed by atoms with Gasteiger partial charge in [0.25, 0.3) is 0 Å². The average molecular weight is 459 g/mol. The van der Waals surface area contributed by atoms with Crippen molar-refractivity contribution in [2.24, 2.45) is 0 Å². The second kappa shape index (κ2) is 9.20. The predicted octanol–water partition coefficient (Wildman–Crippen LogP) is 4.37. The highest BCUT2D eigenvalue weighted by molar-refractivity contribution is 14.2. The molecular formula is C17H19INO4P. The fourth-order valence-corrected chi connectivity index (χ4v) is 4.65. The van der Waals surface area contributed by atoms with Crippen LogP contribution in [0.4, 0.5) is 0 Å². The number of rotatable bonds is 8. The minimum absolute atomic E-state index is 0.00607. The predicted molar refractivity (Wildman–Crippen MR) is 102 cm³/mol. The zero-order valence-electron chi connectivity index (χ0n) is 13.2. The Morgan fingerprint density at radius 3 is 2.33 bits per heavy atom. The molecule has 0 aliphatic heterocycles. The molecule has 0 spiro atoms. The molecule has 1 N–H and O–H groups in total. The minimum atomic E-state index is -2.87. The van der Waals surface area contributed by atoms with Crippen LogP contribution in [0.25, 0.3) is 0 Å². The Morgan fingerprint density at radius 2 is 1.71 bits per heavy atom. The van der Waals surface area contributed by atoms with E-state index in [4.69, 9.17) is 9.47 Å². The number of carbonyl (C=O) groups excluding carboxylic acids is 1. The quantitative estimate of drug-likeness (QED) is 0.361. The summed E-state index contributed by atoms with van der Waals surface area (Å²) in [5, 5.41) is 2.81. The van der Waals surface area contributed by atoms with E-state index in [-0.39, 0.29) is 13.0 Å². The van der Waals surface area contributed by atoms with Crippen molar-refractivity contribution < 1.29 is 18.8 Å². The van der Waals surface area contributed by atoms with Gasteiger partial charge in [-0.2, -0.15) is 0 Å². The fraction of sp³-hybridized carbons (Fsp3) is 0.235. The lowest BCUT2D eigenvalue weighted by molar-refractivity contribution is -0.146. The van der Waals surface area contributed by atoms with E-state index >= 15 is 0 Å². The maximum Gasteiger partial charge on any atom is 0.323 e. The molecule has 128 valence electrons. The van der Waals surface area contributed by atoms with E-state index in [1.807, 2.05) is 48.5 Å². The van der Waals surface area contributed by atoms with Gasteiger partial charge in [-0.1, -0.05) is 48.5 Å². The third-order valence-corrected chi connectivity index (χ3v) is 6.01. The SMILES string of the molecule is CC(NP(=O)(I)COc1ccccc1)C(=O)OCc1ccccc1. The summed E-state index contributed by atoms with van der Waals surface area (Å²) in [6.45, 7) is 1.82. The van der Waals surface area contributed by atoms with Crippen LogP contribution in [0.1, 0.15) is 12.5 Å². The van der Waals surface area contributed by atoms with E-state index in [0.717, 1.165) is 5.56 Å². The molecule has 0 aliphatic rings. The molecule has 7 heteroatoms.